The van der Waals surface area contributed by atoms with Gasteiger partial charge >= 0.3 is 11.9 Å². The number of nitriles is 1. The van der Waals surface area contributed by atoms with Gasteiger partial charge in [0.1, 0.15) is 11.6 Å². The van der Waals surface area contributed by atoms with Crippen molar-refractivity contribution >= 4 is 63.8 Å². The number of carbonyl (C=O) groups is 2. The first-order valence-corrected chi connectivity index (χ1v) is 18.3. The van der Waals surface area contributed by atoms with Crippen LogP contribution in [0.4, 0.5) is 11.4 Å². The first-order valence-electron chi connectivity index (χ1n) is 15.8. The molecular formula is C38H38N2O4S3. The SMILES string of the molecule is CC(C(C)(C)Sc1ccc(N2c3ccc(-c4ccc(-c5ccc(/C=C(\C#N)C(=O)O)s5)s4)cc3C3CCCC32)cc1)C(C)(C)C(=O)O. The number of benzene rings is 2. The maximum Gasteiger partial charge on any atom is 0.346 e. The van der Waals surface area contributed by atoms with Crippen molar-refractivity contribution in [3.63, 3.8) is 0 Å². The lowest BCUT2D eigenvalue weighted by molar-refractivity contribution is -0.150. The second-order valence-electron chi connectivity index (χ2n) is 13.5. The molecule has 6 rings (SSSR count). The van der Waals surface area contributed by atoms with Crippen molar-refractivity contribution in [1.82, 2.24) is 0 Å². The minimum atomic E-state index is -1.22. The number of anilines is 2. The molecule has 4 aromatic rings. The Kier molecular flexibility index (Phi) is 8.90. The zero-order valence-electron chi connectivity index (χ0n) is 27.1. The Hall–Kier alpha value is -3.84. The number of carboxylic acids is 2. The van der Waals surface area contributed by atoms with Crippen molar-refractivity contribution in [2.75, 3.05) is 4.90 Å². The summed E-state index contributed by atoms with van der Waals surface area (Å²) in [5.74, 6) is -1.54. The van der Waals surface area contributed by atoms with Gasteiger partial charge in [-0.05, 0) is 110 Å². The third-order valence-corrected chi connectivity index (χ3v) is 13.8. The van der Waals surface area contributed by atoms with E-state index < -0.39 is 17.4 Å². The van der Waals surface area contributed by atoms with Crippen LogP contribution in [0.5, 0.6) is 0 Å². The second-order valence-corrected chi connectivity index (χ2v) is 17.5. The van der Waals surface area contributed by atoms with Crippen molar-refractivity contribution < 1.29 is 19.8 Å². The molecule has 3 heterocycles. The van der Waals surface area contributed by atoms with Crippen LogP contribution in [0.3, 0.4) is 0 Å². The molecule has 2 aliphatic rings. The molecule has 0 amide bonds. The van der Waals surface area contributed by atoms with Gasteiger partial charge < -0.3 is 15.1 Å². The highest BCUT2D eigenvalue weighted by atomic mass is 32.2. The Morgan fingerprint density at radius 2 is 1.64 bits per heavy atom. The van der Waals surface area contributed by atoms with E-state index in [0.29, 0.717) is 12.0 Å². The molecule has 9 heteroatoms. The molecule has 1 aliphatic heterocycles. The topological polar surface area (TPSA) is 102 Å². The molecule has 0 radical (unpaired) electrons. The van der Waals surface area contributed by atoms with Crippen molar-refractivity contribution in [3.8, 4) is 26.3 Å². The molecule has 0 bridgehead atoms. The lowest BCUT2D eigenvalue weighted by Gasteiger charge is -2.39. The van der Waals surface area contributed by atoms with Gasteiger partial charge in [0, 0.05) is 52.5 Å². The van der Waals surface area contributed by atoms with Gasteiger partial charge in [0.25, 0.3) is 0 Å². The molecule has 2 aromatic carbocycles. The number of hydrogen-bond acceptors (Lipinski definition) is 7. The van der Waals surface area contributed by atoms with E-state index >= 15 is 0 Å². The molecule has 3 unspecified atom stereocenters. The minimum Gasteiger partial charge on any atom is -0.481 e. The average molecular weight is 683 g/mol. The average Bonchev–Trinajstić information content (AvgIpc) is 3.84. The summed E-state index contributed by atoms with van der Waals surface area (Å²) in [6, 6.07) is 26.0. The van der Waals surface area contributed by atoms with Crippen LogP contribution in [-0.4, -0.2) is 32.9 Å². The fraction of sp³-hybridized carbons (Fsp3) is 0.342. The number of thioether (sulfide) groups is 1. The van der Waals surface area contributed by atoms with Gasteiger partial charge in [0.15, 0.2) is 0 Å². The van der Waals surface area contributed by atoms with E-state index in [1.807, 2.05) is 32.9 Å². The molecule has 2 aromatic heterocycles. The second kappa shape index (κ2) is 12.6. The van der Waals surface area contributed by atoms with Gasteiger partial charge in [-0.3, -0.25) is 4.79 Å². The molecule has 3 atom stereocenters. The predicted octanol–water partition coefficient (Wildman–Crippen LogP) is 10.5. The molecule has 0 saturated heterocycles. The van der Waals surface area contributed by atoms with Crippen LogP contribution in [0, 0.1) is 22.7 Å². The number of nitrogens with zero attached hydrogens (tertiary/aromatic N) is 2. The van der Waals surface area contributed by atoms with Gasteiger partial charge in [-0.1, -0.05) is 33.3 Å². The molecular weight excluding hydrogens is 645 g/mol. The third-order valence-electron chi connectivity index (χ3n) is 10.1. The minimum absolute atomic E-state index is 0.0446. The molecule has 2 N–H and O–H groups in total. The number of rotatable bonds is 10. The Morgan fingerprint density at radius 3 is 2.32 bits per heavy atom. The molecule has 6 nitrogen and oxygen atoms in total. The van der Waals surface area contributed by atoms with Crippen LogP contribution in [0.15, 0.2) is 77.2 Å². The molecule has 0 spiro atoms. The quantitative estimate of drug-likeness (QED) is 0.0975. The predicted molar refractivity (Wildman–Crippen MR) is 194 cm³/mol. The smallest absolute Gasteiger partial charge is 0.346 e. The van der Waals surface area contributed by atoms with Gasteiger partial charge in [0.05, 0.1) is 5.41 Å². The Labute approximate surface area is 288 Å². The lowest BCUT2D eigenvalue weighted by Crippen LogP contribution is -2.41. The number of fused-ring (bicyclic) bond motifs is 3. The van der Waals surface area contributed by atoms with Crippen molar-refractivity contribution in [2.45, 2.75) is 75.5 Å². The van der Waals surface area contributed by atoms with Crippen LogP contribution in [0.25, 0.3) is 26.3 Å². The standard InChI is InChI=1S/C38H38N2O4S3/c1-22(37(2,3)36(43)44)38(4,5)47-26-12-10-25(11-13-26)40-30-8-6-7-28(30)29-20-23(9-15-31(29)40)32-17-18-34(46-32)33-16-14-27(45-33)19-24(21-39)35(41)42/h9-20,22,28,30H,6-8H2,1-5H3,(H,41,42)(H,43,44)/b24-19+. The number of thiophene rings is 2. The largest absolute Gasteiger partial charge is 0.481 e. The fourth-order valence-electron chi connectivity index (χ4n) is 6.94. The van der Waals surface area contributed by atoms with Crippen LogP contribution in [0.1, 0.15) is 70.2 Å². The van der Waals surface area contributed by atoms with Crippen LogP contribution in [0.2, 0.25) is 0 Å². The number of aliphatic carboxylic acids is 2. The first-order chi connectivity index (χ1) is 22.3. The van der Waals surface area contributed by atoms with Crippen molar-refractivity contribution in [2.24, 2.45) is 11.3 Å². The third kappa shape index (κ3) is 6.27. The summed E-state index contributed by atoms with van der Waals surface area (Å²) >= 11 is 4.94. The van der Waals surface area contributed by atoms with Crippen molar-refractivity contribution in [1.29, 1.82) is 5.26 Å². The summed E-state index contributed by atoms with van der Waals surface area (Å²) in [5.41, 5.74) is 3.99. The fourth-order valence-corrected chi connectivity index (χ4v) is 10.3. The summed E-state index contributed by atoms with van der Waals surface area (Å²) in [7, 11) is 0. The Bertz CT molecular complexity index is 1910. The number of carboxylic acid groups (broad SMARTS) is 2. The zero-order valence-corrected chi connectivity index (χ0v) is 29.6. The Morgan fingerprint density at radius 1 is 0.957 bits per heavy atom. The molecule has 47 heavy (non-hydrogen) atoms. The van der Waals surface area contributed by atoms with Gasteiger partial charge in [-0.25, -0.2) is 4.79 Å². The highest BCUT2D eigenvalue weighted by molar-refractivity contribution is 8.00. The van der Waals surface area contributed by atoms with E-state index in [1.54, 1.807) is 29.2 Å². The highest BCUT2D eigenvalue weighted by Gasteiger charge is 2.44. The monoisotopic (exact) mass is 682 g/mol. The summed E-state index contributed by atoms with van der Waals surface area (Å²) in [5, 5.41) is 28.1. The van der Waals surface area contributed by atoms with E-state index in [1.165, 1.54) is 57.6 Å². The van der Waals surface area contributed by atoms with E-state index in [9.17, 15) is 19.8 Å². The Balaban J connectivity index is 1.23. The maximum absolute atomic E-state index is 11.9. The highest BCUT2D eigenvalue weighted by Crippen LogP contribution is 2.54. The summed E-state index contributed by atoms with van der Waals surface area (Å²) < 4.78 is -0.262. The van der Waals surface area contributed by atoms with Crippen LogP contribution < -0.4 is 4.90 Å². The summed E-state index contributed by atoms with van der Waals surface area (Å²) in [6.07, 6.45) is 4.97. The normalized spacial score (nSPS) is 18.5. The molecule has 1 aliphatic carbocycles. The van der Waals surface area contributed by atoms with Crippen LogP contribution in [-0.2, 0) is 9.59 Å². The molecule has 1 fully saturated rings. The molecule has 1 saturated carbocycles. The van der Waals surface area contributed by atoms with E-state index in [-0.39, 0.29) is 16.2 Å². The van der Waals surface area contributed by atoms with Gasteiger partial charge in [-0.2, -0.15) is 5.26 Å². The maximum atomic E-state index is 11.9. The first kappa shape index (κ1) is 33.1. The molecule has 242 valence electrons. The van der Waals surface area contributed by atoms with Crippen molar-refractivity contribution in [3.05, 3.63) is 82.7 Å². The summed E-state index contributed by atoms with van der Waals surface area (Å²) in [6.45, 7) is 9.94. The van der Waals surface area contributed by atoms with E-state index in [4.69, 9.17) is 5.26 Å². The van der Waals surface area contributed by atoms with Crippen LogP contribution >= 0.6 is 34.4 Å². The van der Waals surface area contributed by atoms with Gasteiger partial charge in [0.2, 0.25) is 0 Å². The van der Waals surface area contributed by atoms with Gasteiger partial charge in [-0.15, -0.1) is 34.4 Å². The van der Waals surface area contributed by atoms with E-state index in [0.717, 1.165) is 25.9 Å². The van der Waals surface area contributed by atoms with E-state index in [2.05, 4.69) is 73.3 Å². The lowest BCUT2D eigenvalue weighted by atomic mass is 9.73. The summed E-state index contributed by atoms with van der Waals surface area (Å²) in [4.78, 5) is 30.9. The number of hydrogen-bond donors (Lipinski definition) is 2. The zero-order chi connectivity index (χ0) is 33.7.